The van der Waals surface area contributed by atoms with E-state index in [9.17, 15) is 20.1 Å². The Labute approximate surface area is 317 Å². The van der Waals surface area contributed by atoms with Gasteiger partial charge in [-0.05, 0) is 61.4 Å². The highest BCUT2D eigenvalue weighted by atomic mass is 79.9. The van der Waals surface area contributed by atoms with Gasteiger partial charge < -0.3 is 61.6 Å². The Hall–Kier alpha value is -3.19. The Morgan fingerprint density at radius 3 is 2.50 bits per heavy atom. The van der Waals surface area contributed by atoms with Crippen LogP contribution in [0.2, 0.25) is 0 Å². The van der Waals surface area contributed by atoms with Crippen molar-refractivity contribution in [2.24, 2.45) is 11.8 Å². The standard InChI is InChI=1S/C41H53N3O7.BrH/c1-28(42-24-37(46)35-22-33(45)23-36-40(35)50-26-39(47)43-36)21-29-11-13-34(14-12-29)49-20-19-44-17-15-30(16-18-44)38(25-44)51-27-41(48,32-9-5-6-10-32)31-7-3-2-4-8-31;/h2-4,7-8,11-14,22-23,28,30,32,37-38,42,46,48H,5-6,9-10,15-21,24-27H2,1H3,(H-,43,45,47);1H/t28-,30?,37+,38+,41-,44?;/m1./s1. The Morgan fingerprint density at radius 2 is 1.77 bits per heavy atom. The minimum absolute atomic E-state index is 0. The Morgan fingerprint density at radius 1 is 1.04 bits per heavy atom. The maximum absolute atomic E-state index is 12.0. The number of carbonyl (C=O) groups excluding carboxylic acids is 1. The van der Waals surface area contributed by atoms with Crippen LogP contribution in [0.4, 0.5) is 5.69 Å². The number of amides is 1. The van der Waals surface area contributed by atoms with E-state index in [-0.39, 0.29) is 59.9 Å². The van der Waals surface area contributed by atoms with Crippen LogP contribution in [0.1, 0.15) is 68.2 Å². The number of piperidine rings is 3. The van der Waals surface area contributed by atoms with Crippen molar-refractivity contribution in [2.45, 2.75) is 75.7 Å². The number of aliphatic hydroxyl groups is 2. The van der Waals surface area contributed by atoms with Crippen molar-refractivity contribution in [1.29, 1.82) is 0 Å². The third kappa shape index (κ3) is 8.77. The molecule has 4 aliphatic heterocycles. The molecule has 8 rings (SSSR count). The van der Waals surface area contributed by atoms with Crippen molar-refractivity contribution in [3.05, 3.63) is 83.4 Å². The monoisotopic (exact) mass is 779 g/mol. The van der Waals surface area contributed by atoms with E-state index >= 15 is 0 Å². The summed E-state index contributed by atoms with van der Waals surface area (Å²) in [5, 5.41) is 39.1. The highest BCUT2D eigenvalue weighted by molar-refractivity contribution is 5.96. The first-order chi connectivity index (χ1) is 24.7. The van der Waals surface area contributed by atoms with Gasteiger partial charge in [0.25, 0.3) is 5.91 Å². The van der Waals surface area contributed by atoms with E-state index in [1.807, 2.05) is 30.3 Å². The number of nitrogens with zero attached hydrogens (tertiary/aromatic N) is 1. The van der Waals surface area contributed by atoms with Crippen molar-refractivity contribution in [3.63, 3.8) is 0 Å². The summed E-state index contributed by atoms with van der Waals surface area (Å²) in [5.41, 5.74) is 2.01. The fourth-order valence-corrected chi connectivity index (χ4v) is 8.91. The number of phenolic OH excluding ortho intramolecular Hbond substituents is 1. The number of rotatable bonds is 15. The molecule has 0 aromatic heterocycles. The Balaban J connectivity index is 0.00000464. The molecule has 0 unspecified atom stereocenters. The molecule has 3 saturated heterocycles. The first kappa shape index (κ1) is 38.5. The summed E-state index contributed by atoms with van der Waals surface area (Å²) in [5.74, 6) is 1.72. The molecule has 1 aliphatic carbocycles. The Bertz CT molecular complexity index is 1630. The second-order valence-electron chi connectivity index (χ2n) is 15.4. The predicted molar refractivity (Wildman–Crippen MR) is 195 cm³/mol. The molecule has 4 heterocycles. The van der Waals surface area contributed by atoms with Crippen molar-refractivity contribution in [2.75, 3.05) is 57.9 Å². The van der Waals surface area contributed by atoms with Gasteiger partial charge in [0, 0.05) is 43.0 Å². The summed E-state index contributed by atoms with van der Waals surface area (Å²) in [7, 11) is 0. The van der Waals surface area contributed by atoms with Crippen molar-refractivity contribution in [1.82, 2.24) is 5.32 Å². The van der Waals surface area contributed by atoms with Gasteiger partial charge in [0.15, 0.2) is 6.61 Å². The number of carbonyl (C=O) groups is 1. The molecule has 10 nitrogen and oxygen atoms in total. The number of ether oxygens (including phenoxy) is 3. The lowest BCUT2D eigenvalue weighted by Gasteiger charge is -2.52. The largest absolute Gasteiger partial charge is 1.00 e. The molecular formula is C41H54BrN3O7. The van der Waals surface area contributed by atoms with Gasteiger partial charge in [0.2, 0.25) is 0 Å². The first-order valence-corrected chi connectivity index (χ1v) is 18.9. The van der Waals surface area contributed by atoms with Crippen LogP contribution in [0.3, 0.4) is 0 Å². The van der Waals surface area contributed by atoms with Crippen LogP contribution in [-0.4, -0.2) is 90.4 Å². The number of aromatic hydroxyl groups is 1. The molecule has 0 radical (unpaired) electrons. The topological polar surface area (TPSA) is 130 Å². The second-order valence-corrected chi connectivity index (χ2v) is 15.4. The molecule has 4 atom stereocenters. The van der Waals surface area contributed by atoms with Gasteiger partial charge in [0.1, 0.15) is 48.6 Å². The Kier molecular flexibility index (Phi) is 12.5. The van der Waals surface area contributed by atoms with E-state index in [1.54, 1.807) is 0 Å². The number of phenols is 1. The molecule has 52 heavy (non-hydrogen) atoms. The third-order valence-corrected chi connectivity index (χ3v) is 11.9. The van der Waals surface area contributed by atoms with Crippen LogP contribution in [0, 0.1) is 11.8 Å². The summed E-state index contributed by atoms with van der Waals surface area (Å²) >= 11 is 0. The lowest BCUT2D eigenvalue weighted by molar-refractivity contribution is -0.946. The number of hydrogen-bond donors (Lipinski definition) is 5. The number of benzene rings is 3. The van der Waals surface area contributed by atoms with Crippen molar-refractivity contribution in [3.8, 4) is 17.2 Å². The molecular weight excluding hydrogens is 726 g/mol. The number of hydrogen-bond acceptors (Lipinski definition) is 8. The van der Waals surface area contributed by atoms with Gasteiger partial charge >= 0.3 is 0 Å². The quantitative estimate of drug-likeness (QED) is 0.149. The molecule has 282 valence electrons. The minimum Gasteiger partial charge on any atom is -1.00 e. The number of fused-ring (bicyclic) bond motifs is 4. The molecule has 0 spiro atoms. The average molecular weight is 781 g/mol. The third-order valence-electron chi connectivity index (χ3n) is 11.9. The molecule has 3 aromatic carbocycles. The van der Waals surface area contributed by atoms with Crippen molar-refractivity contribution < 1.29 is 55.8 Å². The number of nitrogens with one attached hydrogen (secondary N) is 2. The van der Waals surface area contributed by atoms with Gasteiger partial charge in [0.05, 0.1) is 31.5 Å². The van der Waals surface area contributed by atoms with Gasteiger partial charge in [-0.15, -0.1) is 0 Å². The van der Waals surface area contributed by atoms with E-state index < -0.39 is 11.7 Å². The number of anilines is 1. The van der Waals surface area contributed by atoms with Crippen molar-refractivity contribution >= 4 is 11.6 Å². The van der Waals surface area contributed by atoms with Gasteiger partial charge in [-0.3, -0.25) is 4.79 Å². The maximum Gasteiger partial charge on any atom is 0.262 e. The second kappa shape index (κ2) is 16.9. The lowest BCUT2D eigenvalue weighted by atomic mass is 9.80. The van der Waals surface area contributed by atoms with E-state index in [4.69, 9.17) is 14.2 Å². The molecule has 4 fully saturated rings. The van der Waals surface area contributed by atoms with Crippen LogP contribution < -0.4 is 37.1 Å². The van der Waals surface area contributed by atoms with Gasteiger partial charge in [-0.1, -0.05) is 55.3 Å². The normalized spacial score (nSPS) is 24.9. The molecule has 2 bridgehead atoms. The first-order valence-electron chi connectivity index (χ1n) is 18.9. The number of aliphatic hydroxyl groups excluding tert-OH is 1. The molecule has 1 saturated carbocycles. The fourth-order valence-electron chi connectivity index (χ4n) is 8.91. The van der Waals surface area contributed by atoms with Crippen LogP contribution in [-0.2, 0) is 21.6 Å². The highest BCUT2D eigenvalue weighted by Gasteiger charge is 2.48. The lowest BCUT2D eigenvalue weighted by Crippen LogP contribution is -3.00. The predicted octanol–water partition coefficient (Wildman–Crippen LogP) is 2.06. The summed E-state index contributed by atoms with van der Waals surface area (Å²) in [4.78, 5) is 11.7. The molecule has 5 aliphatic rings. The minimum atomic E-state index is -0.928. The summed E-state index contributed by atoms with van der Waals surface area (Å²) in [6, 6.07) is 21.4. The van der Waals surface area contributed by atoms with E-state index in [0.29, 0.717) is 36.1 Å². The van der Waals surface area contributed by atoms with E-state index in [0.717, 1.165) is 79.6 Å². The molecule has 11 heteroatoms. The van der Waals surface area contributed by atoms with Crippen LogP contribution in [0.15, 0.2) is 66.7 Å². The van der Waals surface area contributed by atoms with Gasteiger partial charge in [-0.25, -0.2) is 0 Å². The SMILES string of the molecule is C[C@H](Cc1ccc(OCC[N+]23CCC(CC2)[C@@H](OC[C@@](O)(c2ccccc2)C2CCCC2)C3)cc1)NC[C@H](O)c1cc(O)cc2c1OCC(=O)N2.[Br-]. The zero-order valence-electron chi connectivity index (χ0n) is 30.1. The molecule has 3 aromatic rings. The smallest absolute Gasteiger partial charge is 0.262 e. The fraction of sp³-hybridized carbons (Fsp3) is 0.537. The number of quaternary nitrogens is 1. The van der Waals surface area contributed by atoms with Crippen LogP contribution >= 0.6 is 0 Å². The summed E-state index contributed by atoms with van der Waals surface area (Å²) in [6.45, 7) is 7.48. The maximum atomic E-state index is 12.0. The average Bonchev–Trinajstić information content (AvgIpc) is 3.70. The molecule has 5 N–H and O–H groups in total. The summed E-state index contributed by atoms with van der Waals surface area (Å²) in [6.07, 6.45) is 6.82. The zero-order valence-corrected chi connectivity index (χ0v) is 31.7. The summed E-state index contributed by atoms with van der Waals surface area (Å²) < 4.78 is 19.6. The zero-order chi connectivity index (χ0) is 35.4. The molecule has 1 amide bonds. The van der Waals surface area contributed by atoms with E-state index in [2.05, 4.69) is 41.8 Å². The van der Waals surface area contributed by atoms with Crippen LogP contribution in [0.25, 0.3) is 0 Å². The van der Waals surface area contributed by atoms with Crippen LogP contribution in [0.5, 0.6) is 17.2 Å². The van der Waals surface area contributed by atoms with E-state index in [1.165, 1.54) is 25.0 Å². The van der Waals surface area contributed by atoms with Gasteiger partial charge in [-0.2, -0.15) is 0 Å². The highest BCUT2D eigenvalue weighted by Crippen LogP contribution is 2.43. The number of halogens is 1.